The number of benzene rings is 2. The van der Waals surface area contributed by atoms with Crippen molar-refractivity contribution in [2.75, 3.05) is 14.2 Å². The molecule has 0 spiro atoms. The molecule has 0 aliphatic carbocycles. The van der Waals surface area contributed by atoms with Gasteiger partial charge in [0.2, 0.25) is 11.8 Å². The molecule has 2 atom stereocenters. The van der Waals surface area contributed by atoms with Crippen molar-refractivity contribution >= 4 is 23.5 Å². The molecule has 170 valence electrons. The van der Waals surface area contributed by atoms with E-state index >= 15 is 0 Å². The number of carboxylic acids is 1. The summed E-state index contributed by atoms with van der Waals surface area (Å²) in [5.41, 5.74) is 1.76. The fourth-order valence-electron chi connectivity index (χ4n) is 4.04. The summed E-state index contributed by atoms with van der Waals surface area (Å²) >= 11 is 6.37. The molecule has 0 saturated carbocycles. The van der Waals surface area contributed by atoms with Crippen LogP contribution in [0.15, 0.2) is 54.6 Å². The quantitative estimate of drug-likeness (QED) is 0.578. The summed E-state index contributed by atoms with van der Waals surface area (Å²) in [5, 5.41) is 10.2. The van der Waals surface area contributed by atoms with Gasteiger partial charge >= 0.3 is 5.97 Å². The van der Waals surface area contributed by atoms with E-state index in [0.717, 1.165) is 5.56 Å². The van der Waals surface area contributed by atoms with E-state index in [4.69, 9.17) is 21.1 Å². The molecule has 1 fully saturated rings. The molecule has 0 radical (unpaired) electrons. The van der Waals surface area contributed by atoms with Crippen LogP contribution in [-0.2, 0) is 4.79 Å². The van der Waals surface area contributed by atoms with Crippen LogP contribution in [-0.4, -0.2) is 52.1 Å². The van der Waals surface area contributed by atoms with Crippen LogP contribution in [0.25, 0.3) is 11.4 Å². The van der Waals surface area contributed by atoms with Gasteiger partial charge in [0.15, 0.2) is 5.82 Å². The Kier molecular flexibility index (Phi) is 6.46. The molecule has 4 rings (SSSR count). The van der Waals surface area contributed by atoms with E-state index < -0.39 is 18.1 Å². The zero-order valence-electron chi connectivity index (χ0n) is 18.1. The van der Waals surface area contributed by atoms with Crippen LogP contribution in [0.2, 0.25) is 5.02 Å². The minimum atomic E-state index is -1.04. The largest absolute Gasteiger partial charge is 0.481 e. The number of carbonyl (C=O) groups is 2. The van der Waals surface area contributed by atoms with E-state index in [1.54, 1.807) is 42.5 Å². The topological polar surface area (TPSA) is 102 Å². The third-order valence-corrected chi connectivity index (χ3v) is 6.00. The van der Waals surface area contributed by atoms with Crippen molar-refractivity contribution in [2.45, 2.75) is 24.9 Å². The van der Waals surface area contributed by atoms with Crippen LogP contribution in [0.3, 0.4) is 0 Å². The Labute approximate surface area is 195 Å². The average molecular weight is 468 g/mol. The van der Waals surface area contributed by atoms with Gasteiger partial charge in [0.1, 0.15) is 6.04 Å². The first-order valence-corrected chi connectivity index (χ1v) is 10.7. The predicted molar refractivity (Wildman–Crippen MR) is 122 cm³/mol. The van der Waals surface area contributed by atoms with Crippen molar-refractivity contribution in [3.63, 3.8) is 0 Å². The zero-order chi connectivity index (χ0) is 23.5. The molecule has 1 saturated heterocycles. The van der Waals surface area contributed by atoms with Gasteiger partial charge in [0, 0.05) is 16.1 Å². The molecule has 0 bridgehead atoms. The Morgan fingerprint density at radius 2 is 1.64 bits per heavy atom. The fourth-order valence-corrected chi connectivity index (χ4v) is 4.30. The number of amides is 1. The second-order valence-corrected chi connectivity index (χ2v) is 7.94. The molecule has 8 nitrogen and oxygen atoms in total. The minimum Gasteiger partial charge on any atom is -0.481 e. The summed E-state index contributed by atoms with van der Waals surface area (Å²) in [6, 6.07) is 14.1. The summed E-state index contributed by atoms with van der Waals surface area (Å²) in [4.78, 5) is 35.4. The first kappa shape index (κ1) is 22.5. The van der Waals surface area contributed by atoms with Crippen LogP contribution < -0.4 is 9.47 Å². The first-order valence-electron chi connectivity index (χ1n) is 10.3. The van der Waals surface area contributed by atoms with Crippen molar-refractivity contribution in [3.05, 3.63) is 70.7 Å². The lowest BCUT2D eigenvalue weighted by Gasteiger charge is -2.29. The molecule has 2 heterocycles. The molecule has 33 heavy (non-hydrogen) atoms. The van der Waals surface area contributed by atoms with E-state index in [-0.39, 0.29) is 5.91 Å². The zero-order valence-corrected chi connectivity index (χ0v) is 18.8. The van der Waals surface area contributed by atoms with Crippen LogP contribution in [0.5, 0.6) is 11.8 Å². The Balaban J connectivity index is 1.66. The van der Waals surface area contributed by atoms with Crippen LogP contribution in [0, 0.1) is 0 Å². The average Bonchev–Trinajstić information content (AvgIpc) is 3.29. The third-order valence-electron chi connectivity index (χ3n) is 5.66. The van der Waals surface area contributed by atoms with Crippen molar-refractivity contribution in [2.24, 2.45) is 0 Å². The van der Waals surface area contributed by atoms with Crippen molar-refractivity contribution in [1.82, 2.24) is 14.9 Å². The number of hydrogen-bond donors (Lipinski definition) is 1. The second kappa shape index (κ2) is 9.46. The Morgan fingerprint density at radius 3 is 2.21 bits per heavy atom. The third kappa shape index (κ3) is 4.47. The number of halogens is 1. The highest BCUT2D eigenvalue weighted by Gasteiger charge is 2.42. The van der Waals surface area contributed by atoms with Gasteiger partial charge in [-0.25, -0.2) is 4.79 Å². The molecule has 1 N–H and O–H groups in total. The maximum atomic E-state index is 13.5. The number of aliphatic carboxylic acids is 1. The highest BCUT2D eigenvalue weighted by Crippen LogP contribution is 2.40. The summed E-state index contributed by atoms with van der Waals surface area (Å²) in [5.74, 6) is -0.336. The highest BCUT2D eigenvalue weighted by molar-refractivity contribution is 6.31. The van der Waals surface area contributed by atoms with E-state index in [2.05, 4.69) is 9.97 Å². The smallest absolute Gasteiger partial charge is 0.326 e. The summed E-state index contributed by atoms with van der Waals surface area (Å²) in [6.07, 6.45) is 0.870. The van der Waals surface area contributed by atoms with E-state index in [0.29, 0.717) is 46.6 Å². The van der Waals surface area contributed by atoms with Gasteiger partial charge in [-0.15, -0.1) is 0 Å². The minimum absolute atomic E-state index is 0.348. The van der Waals surface area contributed by atoms with E-state index in [1.807, 2.05) is 12.1 Å². The lowest BCUT2D eigenvalue weighted by Crippen LogP contribution is -2.41. The molecule has 1 aliphatic heterocycles. The highest BCUT2D eigenvalue weighted by atomic mass is 35.5. The molecule has 1 aromatic heterocycles. The first-order chi connectivity index (χ1) is 15.9. The molecular weight excluding hydrogens is 446 g/mol. The van der Waals surface area contributed by atoms with Crippen molar-refractivity contribution in [1.29, 1.82) is 0 Å². The van der Waals surface area contributed by atoms with Gasteiger partial charge in [0.05, 0.1) is 26.3 Å². The number of rotatable bonds is 6. The number of carbonyl (C=O) groups excluding carboxylic acids is 1. The van der Waals surface area contributed by atoms with Gasteiger partial charge in [-0.3, -0.25) is 4.79 Å². The maximum absolute atomic E-state index is 13.5. The number of likely N-dealkylation sites (tertiary alicyclic amines) is 1. The number of ether oxygens (including phenoxy) is 2. The van der Waals surface area contributed by atoms with Gasteiger partial charge < -0.3 is 19.5 Å². The Bertz CT molecular complexity index is 1160. The fraction of sp³-hybridized carbons (Fsp3) is 0.250. The van der Waals surface area contributed by atoms with Crippen molar-refractivity contribution < 1.29 is 24.2 Å². The van der Waals surface area contributed by atoms with Gasteiger partial charge in [-0.05, 0) is 36.6 Å². The van der Waals surface area contributed by atoms with Crippen LogP contribution in [0.1, 0.15) is 34.8 Å². The van der Waals surface area contributed by atoms with Gasteiger partial charge in [-0.1, -0.05) is 41.9 Å². The van der Waals surface area contributed by atoms with Crippen LogP contribution in [0.4, 0.5) is 0 Å². The van der Waals surface area contributed by atoms with Crippen molar-refractivity contribution in [3.8, 4) is 23.1 Å². The molecule has 1 amide bonds. The molecular formula is C24H22ClN3O5. The number of nitrogens with zero attached hydrogens (tertiary/aromatic N) is 3. The molecule has 1 aliphatic rings. The lowest BCUT2D eigenvalue weighted by molar-refractivity contribution is -0.141. The SMILES string of the molecule is COc1cc(OC)nc(-c2ccc(C(=O)N3[C@@H](c4ccccc4Cl)CC[C@H]3C(=O)O)cc2)n1. The number of carboxylic acid groups (broad SMARTS) is 1. The predicted octanol–water partition coefficient (Wildman–Crippen LogP) is 4.24. The van der Waals surface area contributed by atoms with Gasteiger partial charge in [-0.2, -0.15) is 9.97 Å². The van der Waals surface area contributed by atoms with E-state index in [9.17, 15) is 14.7 Å². The molecule has 9 heteroatoms. The van der Waals surface area contributed by atoms with Gasteiger partial charge in [0.25, 0.3) is 5.91 Å². The van der Waals surface area contributed by atoms with E-state index in [1.165, 1.54) is 19.1 Å². The monoisotopic (exact) mass is 467 g/mol. The molecule has 2 aromatic carbocycles. The molecule has 0 unspecified atom stereocenters. The Morgan fingerprint density at radius 1 is 1.00 bits per heavy atom. The molecule has 3 aromatic rings. The summed E-state index contributed by atoms with van der Waals surface area (Å²) in [7, 11) is 3.00. The second-order valence-electron chi connectivity index (χ2n) is 7.53. The van der Waals surface area contributed by atoms with Crippen LogP contribution >= 0.6 is 11.6 Å². The normalized spacial score (nSPS) is 17.6. The summed E-state index contributed by atoms with van der Waals surface area (Å²) in [6.45, 7) is 0. The maximum Gasteiger partial charge on any atom is 0.326 e. The number of methoxy groups -OCH3 is 2. The summed E-state index contributed by atoms with van der Waals surface area (Å²) < 4.78 is 10.4. The number of aromatic nitrogens is 2. The Hall–Kier alpha value is -3.65. The standard InChI is InChI=1S/C24H22ClN3O5/c1-32-20-13-21(33-2)27-22(26-20)14-7-9-15(10-8-14)23(29)28-18(11-12-19(28)24(30)31)16-5-3-4-6-17(16)25/h3-10,13,18-19H,11-12H2,1-2H3,(H,30,31)/t18-,19+/m1/s1. The lowest BCUT2D eigenvalue weighted by atomic mass is 10.0. The number of hydrogen-bond acceptors (Lipinski definition) is 6.